The quantitative estimate of drug-likeness (QED) is 0.715. The second-order valence-electron chi connectivity index (χ2n) is 9.11. The summed E-state index contributed by atoms with van der Waals surface area (Å²) in [5.74, 6) is 0.421. The maximum absolute atomic E-state index is 13.2. The second-order valence-corrected chi connectivity index (χ2v) is 10.8. The minimum absolute atomic E-state index is 0.201. The summed E-state index contributed by atoms with van der Waals surface area (Å²) in [7, 11) is -0.764. The number of rotatable bonds is 5. The molecular weight excluding hydrogens is 414 g/mol. The van der Waals surface area contributed by atoms with Crippen molar-refractivity contribution in [3.05, 3.63) is 59.2 Å². The number of ether oxygens (including phenoxy) is 2. The summed E-state index contributed by atoms with van der Waals surface area (Å²) in [6.07, 6.45) is 2.25. The van der Waals surface area contributed by atoms with Gasteiger partial charge in [-0.05, 0) is 73.4 Å². The van der Waals surface area contributed by atoms with Gasteiger partial charge in [-0.1, -0.05) is 30.7 Å². The Morgan fingerprint density at radius 2 is 1.84 bits per heavy atom. The number of hydrogen-bond donors (Lipinski definition) is 1. The van der Waals surface area contributed by atoms with Crippen molar-refractivity contribution in [3.63, 3.8) is 0 Å². The first-order valence-corrected chi connectivity index (χ1v) is 12.0. The summed E-state index contributed by atoms with van der Waals surface area (Å²) in [6, 6.07) is 12.1. The second kappa shape index (κ2) is 7.64. The smallest absolute Gasteiger partial charge is 0.313 e. The Morgan fingerprint density at radius 1 is 1.13 bits per heavy atom. The lowest BCUT2D eigenvalue weighted by Gasteiger charge is -2.53. The normalized spacial score (nSPS) is 27.3. The maximum Gasteiger partial charge on any atom is 0.313 e. The topological polar surface area (TPSA) is 81.7 Å². The molecule has 0 unspecified atom stereocenters. The molecule has 166 valence electrons. The zero-order chi connectivity index (χ0) is 22.4. The first-order chi connectivity index (χ1) is 14.6. The molecule has 2 bridgehead atoms. The lowest BCUT2D eigenvalue weighted by Crippen LogP contribution is -2.61. The minimum Gasteiger partial charge on any atom is -0.497 e. The molecule has 0 saturated heterocycles. The molecule has 31 heavy (non-hydrogen) atoms. The van der Waals surface area contributed by atoms with Gasteiger partial charge in [-0.25, -0.2) is 13.1 Å². The van der Waals surface area contributed by atoms with E-state index in [0.717, 1.165) is 23.3 Å². The van der Waals surface area contributed by atoms with Crippen LogP contribution in [0.3, 0.4) is 0 Å². The number of carbonyl (C=O) groups is 1. The number of sulfonamides is 1. The molecule has 2 aliphatic rings. The van der Waals surface area contributed by atoms with E-state index in [0.29, 0.717) is 19.3 Å². The Balaban J connectivity index is 1.75. The molecule has 1 fully saturated rings. The van der Waals surface area contributed by atoms with Gasteiger partial charge in [-0.15, -0.1) is 0 Å². The number of fused-ring (bicyclic) bond motifs is 4. The van der Waals surface area contributed by atoms with Gasteiger partial charge in [0, 0.05) is 6.04 Å². The van der Waals surface area contributed by atoms with E-state index in [2.05, 4.69) is 11.6 Å². The highest BCUT2D eigenvalue weighted by molar-refractivity contribution is 7.89. The van der Waals surface area contributed by atoms with Crippen LogP contribution in [0.25, 0.3) is 0 Å². The number of nitrogens with one attached hydrogen (secondary N) is 1. The van der Waals surface area contributed by atoms with Crippen LogP contribution in [0.5, 0.6) is 5.75 Å². The van der Waals surface area contributed by atoms with Crippen LogP contribution in [-0.2, 0) is 31.4 Å². The summed E-state index contributed by atoms with van der Waals surface area (Å²) in [5.41, 5.74) is 1.98. The van der Waals surface area contributed by atoms with Crippen molar-refractivity contribution in [2.45, 2.75) is 55.9 Å². The Bertz CT molecular complexity index is 1110. The molecule has 3 atom stereocenters. The predicted octanol–water partition coefficient (Wildman–Crippen LogP) is 3.51. The van der Waals surface area contributed by atoms with Crippen LogP contribution >= 0.6 is 0 Å². The van der Waals surface area contributed by atoms with Crippen molar-refractivity contribution in [2.24, 2.45) is 5.41 Å². The average molecular weight is 444 g/mol. The van der Waals surface area contributed by atoms with Crippen LogP contribution in [0, 0.1) is 12.3 Å². The van der Waals surface area contributed by atoms with Gasteiger partial charge in [0.2, 0.25) is 10.0 Å². The van der Waals surface area contributed by atoms with E-state index in [1.807, 2.05) is 25.1 Å². The highest BCUT2D eigenvalue weighted by atomic mass is 32.2. The Kier molecular flexibility index (Phi) is 5.38. The first kappa shape index (κ1) is 21.8. The molecule has 1 saturated carbocycles. The number of methoxy groups -OCH3 is 2. The van der Waals surface area contributed by atoms with Crippen molar-refractivity contribution in [2.75, 3.05) is 14.2 Å². The van der Waals surface area contributed by atoms with E-state index in [1.54, 1.807) is 31.4 Å². The van der Waals surface area contributed by atoms with Gasteiger partial charge < -0.3 is 9.47 Å². The van der Waals surface area contributed by atoms with Crippen LogP contribution < -0.4 is 9.46 Å². The van der Waals surface area contributed by atoms with Crippen molar-refractivity contribution in [3.8, 4) is 5.75 Å². The summed E-state index contributed by atoms with van der Waals surface area (Å²) < 4.78 is 39.8. The fraction of sp³-hybridized carbons (Fsp3) is 0.458. The van der Waals surface area contributed by atoms with Gasteiger partial charge in [0.15, 0.2) is 0 Å². The fourth-order valence-corrected chi connectivity index (χ4v) is 6.78. The lowest BCUT2D eigenvalue weighted by molar-refractivity contribution is -0.159. The van der Waals surface area contributed by atoms with E-state index in [-0.39, 0.29) is 16.3 Å². The van der Waals surface area contributed by atoms with Gasteiger partial charge in [0.25, 0.3) is 0 Å². The molecule has 6 nitrogen and oxygen atoms in total. The SMILES string of the molecule is COC(=O)[C@]12Cc3ccc(OC)cc3[C@](C)(CC[C@H]1NS(=O)(=O)c1ccc(C)cc1)C2. The Morgan fingerprint density at radius 3 is 2.48 bits per heavy atom. The summed E-state index contributed by atoms with van der Waals surface area (Å²) in [5, 5.41) is 0. The van der Waals surface area contributed by atoms with Crippen molar-refractivity contribution in [1.29, 1.82) is 0 Å². The largest absolute Gasteiger partial charge is 0.497 e. The van der Waals surface area contributed by atoms with Gasteiger partial charge in [0.05, 0.1) is 24.5 Å². The van der Waals surface area contributed by atoms with E-state index < -0.39 is 21.5 Å². The fourth-order valence-electron chi connectivity index (χ4n) is 5.44. The van der Waals surface area contributed by atoms with Gasteiger partial charge in [-0.2, -0.15) is 0 Å². The van der Waals surface area contributed by atoms with E-state index >= 15 is 0 Å². The Labute approximate surface area is 184 Å². The molecule has 0 aromatic heterocycles. The Hall–Kier alpha value is -2.38. The molecule has 1 N–H and O–H groups in total. The average Bonchev–Trinajstić information content (AvgIpc) is 2.75. The highest BCUT2D eigenvalue weighted by Gasteiger charge is 2.58. The van der Waals surface area contributed by atoms with Crippen LogP contribution in [0.2, 0.25) is 0 Å². The molecule has 2 aromatic rings. The molecule has 4 rings (SSSR count). The molecule has 0 amide bonds. The maximum atomic E-state index is 13.2. The third kappa shape index (κ3) is 3.64. The van der Waals surface area contributed by atoms with E-state index in [9.17, 15) is 13.2 Å². The number of carbonyl (C=O) groups excluding carboxylic acids is 1. The molecule has 2 aliphatic carbocycles. The van der Waals surface area contributed by atoms with Crippen LogP contribution in [0.1, 0.15) is 42.9 Å². The van der Waals surface area contributed by atoms with Crippen LogP contribution in [0.15, 0.2) is 47.4 Å². The van der Waals surface area contributed by atoms with Gasteiger partial charge in [-0.3, -0.25) is 4.79 Å². The summed E-state index contributed by atoms with van der Waals surface area (Å²) in [6.45, 7) is 4.05. The third-order valence-corrected chi connectivity index (χ3v) is 8.54. The number of benzene rings is 2. The highest BCUT2D eigenvalue weighted by Crippen LogP contribution is 2.56. The van der Waals surface area contributed by atoms with Crippen molar-refractivity contribution in [1.82, 2.24) is 4.72 Å². The van der Waals surface area contributed by atoms with E-state index in [4.69, 9.17) is 9.47 Å². The monoisotopic (exact) mass is 443 g/mol. The lowest BCUT2D eigenvalue weighted by atomic mass is 9.52. The number of hydrogen-bond acceptors (Lipinski definition) is 5. The summed E-state index contributed by atoms with van der Waals surface area (Å²) in [4.78, 5) is 13.4. The third-order valence-electron chi connectivity index (χ3n) is 7.05. The summed E-state index contributed by atoms with van der Waals surface area (Å²) >= 11 is 0. The first-order valence-electron chi connectivity index (χ1n) is 10.5. The van der Waals surface area contributed by atoms with Crippen molar-refractivity contribution < 1.29 is 22.7 Å². The molecule has 0 spiro atoms. The standard InChI is InChI=1S/C24H29NO5S/c1-16-5-9-19(10-6-16)31(27,28)25-21-11-12-23(2)15-24(21,22(26)30-4)14-17-7-8-18(29-3)13-20(17)23/h5-10,13,21,25H,11-12,14-15H2,1-4H3/t21-,23-,24+/m1/s1. The zero-order valence-corrected chi connectivity index (χ0v) is 19.2. The molecule has 0 heterocycles. The minimum atomic E-state index is -3.78. The van der Waals surface area contributed by atoms with Crippen LogP contribution in [0.4, 0.5) is 0 Å². The van der Waals surface area contributed by atoms with E-state index in [1.165, 1.54) is 12.7 Å². The molecule has 0 radical (unpaired) electrons. The molecular formula is C24H29NO5S. The zero-order valence-electron chi connectivity index (χ0n) is 18.4. The van der Waals surface area contributed by atoms with Crippen LogP contribution in [-0.4, -0.2) is 34.6 Å². The number of aryl methyl sites for hydroxylation is 1. The molecule has 2 aromatic carbocycles. The predicted molar refractivity (Wildman–Crippen MR) is 118 cm³/mol. The number of esters is 1. The van der Waals surface area contributed by atoms with Gasteiger partial charge in [0.1, 0.15) is 5.75 Å². The van der Waals surface area contributed by atoms with Gasteiger partial charge >= 0.3 is 5.97 Å². The molecule has 0 aliphatic heterocycles. The molecule has 7 heteroatoms. The van der Waals surface area contributed by atoms with Crippen molar-refractivity contribution >= 4 is 16.0 Å².